The molecule has 0 aliphatic carbocycles. The molecule has 1 fully saturated rings. The zero-order valence-electron chi connectivity index (χ0n) is 11.6. The number of ether oxygens (including phenoxy) is 2. The average Bonchev–Trinajstić information content (AvgIpc) is 2.85. The third-order valence-electron chi connectivity index (χ3n) is 3.54. The number of nitrogens with one attached hydrogen (secondary N) is 1. The van der Waals surface area contributed by atoms with Gasteiger partial charge >= 0.3 is 0 Å². The third kappa shape index (κ3) is 2.86. The number of hydrogen-bond acceptors (Lipinski definition) is 5. The Hall–Kier alpha value is -1.64. The van der Waals surface area contributed by atoms with Crippen LogP contribution < -0.4 is 5.32 Å². The second-order valence-corrected chi connectivity index (χ2v) is 4.93. The molecule has 1 saturated heterocycles. The molecule has 19 heavy (non-hydrogen) atoms. The Bertz CT molecular complexity index is 502. The van der Waals surface area contributed by atoms with Crippen LogP contribution in [0.1, 0.15) is 23.4 Å². The van der Waals surface area contributed by atoms with E-state index < -0.39 is 0 Å². The first-order valence-corrected chi connectivity index (χ1v) is 6.35. The Morgan fingerprint density at radius 3 is 2.95 bits per heavy atom. The van der Waals surface area contributed by atoms with E-state index in [1.807, 2.05) is 19.9 Å². The first-order valence-electron chi connectivity index (χ1n) is 6.35. The summed E-state index contributed by atoms with van der Waals surface area (Å²) in [6.45, 7) is 5.70. The van der Waals surface area contributed by atoms with Gasteiger partial charge in [0.2, 0.25) is 0 Å². The van der Waals surface area contributed by atoms with E-state index in [0.29, 0.717) is 18.7 Å². The minimum absolute atomic E-state index is 0.294. The van der Waals surface area contributed by atoms with Crippen molar-refractivity contribution in [2.24, 2.45) is 0 Å². The van der Waals surface area contributed by atoms with Crippen LogP contribution in [0.5, 0.6) is 0 Å². The normalized spacial score (nSPS) is 22.2. The Morgan fingerprint density at radius 1 is 1.58 bits per heavy atom. The molecule has 1 N–H and O–H groups in total. The Labute approximate surface area is 113 Å². The van der Waals surface area contributed by atoms with Gasteiger partial charge in [-0.05, 0) is 19.9 Å². The maximum Gasteiger partial charge on any atom is 0.110 e. The van der Waals surface area contributed by atoms with E-state index in [1.54, 1.807) is 7.11 Å². The topological polar surface area (TPSA) is 67.2 Å². The van der Waals surface area contributed by atoms with E-state index in [-0.39, 0.29) is 5.60 Å². The number of hydrogen-bond donors (Lipinski definition) is 1. The van der Waals surface area contributed by atoms with E-state index in [0.717, 1.165) is 30.1 Å². The summed E-state index contributed by atoms with van der Waals surface area (Å²) >= 11 is 0. The fraction of sp³-hybridized carbons (Fsp3) is 0.571. The SMILES string of the molecule is COC1(CNc2cc(C)nc(C)c2C#N)CCOC1. The number of methoxy groups -OCH3 is 1. The second kappa shape index (κ2) is 5.55. The fourth-order valence-corrected chi connectivity index (χ4v) is 2.33. The van der Waals surface area contributed by atoms with Gasteiger partial charge in [-0.1, -0.05) is 0 Å². The summed E-state index contributed by atoms with van der Waals surface area (Å²) in [7, 11) is 1.70. The monoisotopic (exact) mass is 261 g/mol. The van der Waals surface area contributed by atoms with Crippen molar-refractivity contribution in [2.75, 3.05) is 32.2 Å². The van der Waals surface area contributed by atoms with E-state index >= 15 is 0 Å². The lowest BCUT2D eigenvalue weighted by Gasteiger charge is -2.26. The van der Waals surface area contributed by atoms with Crippen LogP contribution >= 0.6 is 0 Å². The first-order chi connectivity index (χ1) is 9.10. The van der Waals surface area contributed by atoms with Gasteiger partial charge in [-0.3, -0.25) is 4.98 Å². The summed E-state index contributed by atoms with van der Waals surface area (Å²) < 4.78 is 11.0. The van der Waals surface area contributed by atoms with Crippen LogP contribution in [0.15, 0.2) is 6.07 Å². The molecule has 102 valence electrons. The molecule has 5 nitrogen and oxygen atoms in total. The van der Waals surface area contributed by atoms with Crippen molar-refractivity contribution in [1.29, 1.82) is 5.26 Å². The Balaban J connectivity index is 2.17. The zero-order valence-corrected chi connectivity index (χ0v) is 11.6. The van der Waals surface area contributed by atoms with Gasteiger partial charge in [-0.2, -0.15) is 5.26 Å². The Morgan fingerprint density at radius 2 is 2.37 bits per heavy atom. The first kappa shape index (κ1) is 13.8. The minimum Gasteiger partial charge on any atom is -0.381 e. The molecular weight excluding hydrogens is 242 g/mol. The Kier molecular flexibility index (Phi) is 4.03. The highest BCUT2D eigenvalue weighted by molar-refractivity contribution is 5.60. The van der Waals surface area contributed by atoms with Gasteiger partial charge in [-0.15, -0.1) is 0 Å². The van der Waals surface area contributed by atoms with E-state index in [1.165, 1.54) is 0 Å². The number of anilines is 1. The molecule has 1 aromatic heterocycles. The van der Waals surface area contributed by atoms with Gasteiger partial charge in [0.25, 0.3) is 0 Å². The molecule has 0 aromatic carbocycles. The molecule has 1 aromatic rings. The second-order valence-electron chi connectivity index (χ2n) is 4.93. The van der Waals surface area contributed by atoms with Crippen LogP contribution in [-0.2, 0) is 9.47 Å². The largest absolute Gasteiger partial charge is 0.381 e. The number of nitrogens with zero attached hydrogens (tertiary/aromatic N) is 2. The van der Waals surface area contributed by atoms with E-state index in [2.05, 4.69) is 16.4 Å². The van der Waals surface area contributed by atoms with Crippen molar-refractivity contribution in [3.63, 3.8) is 0 Å². The maximum absolute atomic E-state index is 9.22. The molecule has 1 aliphatic heterocycles. The van der Waals surface area contributed by atoms with Gasteiger partial charge in [0.15, 0.2) is 0 Å². The van der Waals surface area contributed by atoms with Crippen molar-refractivity contribution in [1.82, 2.24) is 4.98 Å². The van der Waals surface area contributed by atoms with Gasteiger partial charge in [0, 0.05) is 32.4 Å². The lowest BCUT2D eigenvalue weighted by molar-refractivity contribution is -0.00620. The summed E-state index contributed by atoms with van der Waals surface area (Å²) in [6, 6.07) is 4.09. The van der Waals surface area contributed by atoms with E-state index in [9.17, 15) is 5.26 Å². The summed E-state index contributed by atoms with van der Waals surface area (Å²) in [5.74, 6) is 0. The molecule has 0 spiro atoms. The lowest BCUT2D eigenvalue weighted by atomic mass is 10.0. The van der Waals surface area contributed by atoms with Gasteiger partial charge < -0.3 is 14.8 Å². The molecule has 0 radical (unpaired) electrons. The van der Waals surface area contributed by atoms with Gasteiger partial charge in [0.05, 0.1) is 23.6 Å². The molecule has 1 aliphatic rings. The standard InChI is InChI=1S/C14H19N3O2/c1-10-6-13(12(7-15)11(2)17-10)16-8-14(18-3)4-5-19-9-14/h6H,4-5,8-9H2,1-3H3,(H,16,17). The van der Waals surface area contributed by atoms with Crippen molar-refractivity contribution in [2.45, 2.75) is 25.9 Å². The van der Waals surface area contributed by atoms with Crippen LogP contribution in [0, 0.1) is 25.2 Å². The van der Waals surface area contributed by atoms with Gasteiger partial charge in [-0.25, -0.2) is 0 Å². The molecule has 1 atom stereocenters. The number of aryl methyl sites for hydroxylation is 2. The summed E-state index contributed by atoms with van der Waals surface area (Å²) in [5.41, 5.74) is 2.76. The van der Waals surface area contributed by atoms with Gasteiger partial charge in [0.1, 0.15) is 11.7 Å². The summed E-state index contributed by atoms with van der Waals surface area (Å²) in [6.07, 6.45) is 0.863. The van der Waals surface area contributed by atoms with Crippen LogP contribution in [-0.4, -0.2) is 37.5 Å². The minimum atomic E-state index is -0.294. The number of nitriles is 1. The molecule has 0 amide bonds. The highest BCUT2D eigenvalue weighted by Crippen LogP contribution is 2.25. The molecule has 5 heteroatoms. The maximum atomic E-state index is 9.22. The zero-order chi connectivity index (χ0) is 13.9. The number of rotatable bonds is 4. The lowest BCUT2D eigenvalue weighted by Crippen LogP contribution is -2.39. The van der Waals surface area contributed by atoms with Crippen molar-refractivity contribution >= 4 is 5.69 Å². The molecule has 1 unspecified atom stereocenters. The number of aromatic nitrogens is 1. The van der Waals surface area contributed by atoms with Crippen LogP contribution in [0.2, 0.25) is 0 Å². The van der Waals surface area contributed by atoms with Crippen molar-refractivity contribution < 1.29 is 9.47 Å². The molecule has 2 rings (SSSR count). The smallest absolute Gasteiger partial charge is 0.110 e. The van der Waals surface area contributed by atoms with Crippen LogP contribution in [0.3, 0.4) is 0 Å². The van der Waals surface area contributed by atoms with Crippen LogP contribution in [0.4, 0.5) is 5.69 Å². The highest BCUT2D eigenvalue weighted by atomic mass is 16.5. The van der Waals surface area contributed by atoms with E-state index in [4.69, 9.17) is 9.47 Å². The number of pyridine rings is 1. The predicted molar refractivity (Wildman–Crippen MR) is 72.1 cm³/mol. The average molecular weight is 261 g/mol. The quantitative estimate of drug-likeness (QED) is 0.895. The van der Waals surface area contributed by atoms with Crippen molar-refractivity contribution in [3.8, 4) is 6.07 Å². The summed E-state index contributed by atoms with van der Waals surface area (Å²) in [5, 5.41) is 12.5. The summed E-state index contributed by atoms with van der Waals surface area (Å²) in [4.78, 5) is 4.30. The molecular formula is C14H19N3O2. The predicted octanol–water partition coefficient (Wildman–Crippen LogP) is 1.79. The molecule has 0 saturated carbocycles. The highest BCUT2D eigenvalue weighted by Gasteiger charge is 2.34. The molecule has 0 bridgehead atoms. The van der Waals surface area contributed by atoms with Crippen LogP contribution in [0.25, 0.3) is 0 Å². The fourth-order valence-electron chi connectivity index (χ4n) is 2.33. The molecule has 2 heterocycles. The van der Waals surface area contributed by atoms with Crippen molar-refractivity contribution in [3.05, 3.63) is 23.0 Å². The third-order valence-corrected chi connectivity index (χ3v) is 3.54.